The molecule has 0 aliphatic heterocycles. The van der Waals surface area contributed by atoms with Gasteiger partial charge in [-0.2, -0.15) is 0 Å². The number of rotatable bonds is 0. The monoisotopic (exact) mass is 318 g/mol. The van der Waals surface area contributed by atoms with E-state index in [0.717, 1.165) is 10.0 Å². The molecule has 3 rings (SSSR count). The van der Waals surface area contributed by atoms with E-state index in [-0.39, 0.29) is 17.2 Å². The highest BCUT2D eigenvalue weighted by atomic mass is 79.9. The predicted octanol–water partition coefficient (Wildman–Crippen LogP) is 2.46. The van der Waals surface area contributed by atoms with Crippen LogP contribution in [-0.4, -0.2) is 15.9 Å². The van der Waals surface area contributed by atoms with Crippen LogP contribution in [0.3, 0.4) is 0 Å². The molecule has 0 fully saturated rings. The number of phenolic OH excluding ortho intramolecular Hbond substituents is 1. The second-order valence-electron chi connectivity index (χ2n) is 4.51. The maximum Gasteiger partial charge on any atom is 0.211 e. The molecule has 0 saturated heterocycles. The molecule has 0 radical (unpaired) electrons. The quantitative estimate of drug-likeness (QED) is 0.578. The first-order valence-corrected chi connectivity index (χ1v) is 6.66. The Morgan fingerprint density at radius 2 is 2.11 bits per heavy atom. The number of nitrogen functional groups attached to an aromatic ring is 1. The number of fused-ring (bicyclic) bond motifs is 2. The molecule has 0 spiro atoms. The molecule has 1 aromatic carbocycles. The van der Waals surface area contributed by atoms with Gasteiger partial charge < -0.3 is 10.8 Å². The van der Waals surface area contributed by atoms with Gasteiger partial charge in [0.2, 0.25) is 5.78 Å². The molecule has 1 aliphatic rings. The van der Waals surface area contributed by atoms with Crippen molar-refractivity contribution >= 4 is 27.4 Å². The van der Waals surface area contributed by atoms with Gasteiger partial charge >= 0.3 is 0 Å². The third-order valence-electron chi connectivity index (χ3n) is 3.37. The summed E-state index contributed by atoms with van der Waals surface area (Å²) in [6, 6.07) is 4.97. The van der Waals surface area contributed by atoms with E-state index < -0.39 is 0 Å². The summed E-state index contributed by atoms with van der Waals surface area (Å²) >= 11 is 3.36. The zero-order chi connectivity index (χ0) is 13.6. The number of halogens is 1. The van der Waals surface area contributed by atoms with E-state index in [1.807, 2.05) is 6.07 Å². The van der Waals surface area contributed by atoms with E-state index in [9.17, 15) is 9.90 Å². The summed E-state index contributed by atoms with van der Waals surface area (Å²) in [6.07, 6.45) is 2.91. The number of carbonyl (C=O) groups excluding carboxylic acids is 1. The fourth-order valence-corrected chi connectivity index (χ4v) is 2.78. The van der Waals surface area contributed by atoms with Crippen molar-refractivity contribution in [1.29, 1.82) is 0 Å². The highest BCUT2D eigenvalue weighted by Gasteiger charge is 2.24. The summed E-state index contributed by atoms with van der Waals surface area (Å²) in [5.41, 5.74) is 8.76. The molecule has 1 aliphatic carbocycles. The van der Waals surface area contributed by atoms with Crippen LogP contribution in [0.5, 0.6) is 5.75 Å². The summed E-state index contributed by atoms with van der Waals surface area (Å²) in [4.78, 5) is 16.7. The Morgan fingerprint density at radius 3 is 2.89 bits per heavy atom. The number of pyridine rings is 1. The van der Waals surface area contributed by atoms with Gasteiger partial charge in [0.1, 0.15) is 11.4 Å². The molecule has 2 aromatic rings. The van der Waals surface area contributed by atoms with Gasteiger partial charge in [0.25, 0.3) is 0 Å². The molecule has 4 nitrogen and oxygen atoms in total. The largest absolute Gasteiger partial charge is 0.506 e. The molecule has 0 amide bonds. The number of nitrogens with two attached hydrogens (primary N) is 1. The first kappa shape index (κ1) is 12.2. The molecule has 1 aromatic heterocycles. The molecule has 19 heavy (non-hydrogen) atoms. The van der Waals surface area contributed by atoms with Gasteiger partial charge in [-0.05, 0) is 58.1 Å². The minimum Gasteiger partial charge on any atom is -0.506 e. The fraction of sp³-hybridized carbons (Fsp3) is 0.143. The summed E-state index contributed by atoms with van der Waals surface area (Å²) in [5.74, 6) is -0.117. The van der Waals surface area contributed by atoms with Crippen molar-refractivity contribution in [2.75, 3.05) is 5.73 Å². The zero-order valence-corrected chi connectivity index (χ0v) is 11.6. The van der Waals surface area contributed by atoms with Crippen LogP contribution in [0.15, 0.2) is 28.9 Å². The van der Waals surface area contributed by atoms with Crippen molar-refractivity contribution < 1.29 is 9.90 Å². The van der Waals surface area contributed by atoms with Crippen LogP contribution in [-0.2, 0) is 12.8 Å². The average molecular weight is 319 g/mol. The number of hydrogen-bond acceptors (Lipinski definition) is 4. The summed E-state index contributed by atoms with van der Waals surface area (Å²) in [7, 11) is 0. The molecule has 0 bridgehead atoms. The zero-order valence-electron chi connectivity index (χ0n) is 9.98. The number of ketones is 1. The lowest BCUT2D eigenvalue weighted by Gasteiger charge is -2.09. The van der Waals surface area contributed by atoms with Crippen molar-refractivity contribution in [2.45, 2.75) is 12.8 Å². The third kappa shape index (κ3) is 1.90. The number of aryl methyl sites for hydroxylation is 1. The van der Waals surface area contributed by atoms with Gasteiger partial charge in [-0.3, -0.25) is 9.78 Å². The van der Waals surface area contributed by atoms with E-state index in [1.165, 1.54) is 6.07 Å². The van der Waals surface area contributed by atoms with Crippen LogP contribution in [0.2, 0.25) is 0 Å². The number of aromatic nitrogens is 1. The Morgan fingerprint density at radius 1 is 1.32 bits per heavy atom. The van der Waals surface area contributed by atoms with E-state index in [2.05, 4.69) is 20.9 Å². The number of hydrogen-bond donors (Lipinski definition) is 2. The Hall–Kier alpha value is -1.88. The summed E-state index contributed by atoms with van der Waals surface area (Å²) in [6.45, 7) is 0. The molecule has 0 atom stereocenters. The maximum atomic E-state index is 12.5. The Kier molecular flexibility index (Phi) is 2.78. The van der Waals surface area contributed by atoms with Crippen LogP contribution in [0.1, 0.15) is 27.2 Å². The topological polar surface area (TPSA) is 76.2 Å². The number of nitrogens with zero attached hydrogens (tertiary/aromatic N) is 1. The van der Waals surface area contributed by atoms with Crippen molar-refractivity contribution in [3.8, 4) is 5.75 Å². The number of carbonyl (C=O) groups is 1. The lowest BCUT2D eigenvalue weighted by atomic mass is 9.99. The van der Waals surface area contributed by atoms with Crippen LogP contribution >= 0.6 is 15.9 Å². The highest BCUT2D eigenvalue weighted by molar-refractivity contribution is 9.10. The first-order valence-electron chi connectivity index (χ1n) is 5.87. The number of anilines is 1. The standard InChI is InChI=1S/C14H11BrN2O2/c15-8-5-7-1-2-9-10(3-4-11(18)12(9)16)14(19)13(7)17-6-8/h3-6,18H,1-2,16H2. The second-order valence-corrected chi connectivity index (χ2v) is 5.43. The minimum atomic E-state index is -0.137. The highest BCUT2D eigenvalue weighted by Crippen LogP contribution is 2.32. The molecule has 5 heteroatoms. The molecular weight excluding hydrogens is 308 g/mol. The van der Waals surface area contributed by atoms with Crippen LogP contribution < -0.4 is 5.73 Å². The average Bonchev–Trinajstić information content (AvgIpc) is 2.52. The lowest BCUT2D eigenvalue weighted by molar-refractivity contribution is 0.103. The Bertz CT molecular complexity index is 698. The van der Waals surface area contributed by atoms with Gasteiger partial charge in [-0.1, -0.05) is 0 Å². The third-order valence-corrected chi connectivity index (χ3v) is 3.81. The Labute approximate surface area is 118 Å². The maximum absolute atomic E-state index is 12.5. The van der Waals surface area contributed by atoms with E-state index >= 15 is 0 Å². The van der Waals surface area contributed by atoms with Crippen molar-refractivity contribution in [3.05, 3.63) is 51.3 Å². The van der Waals surface area contributed by atoms with Gasteiger partial charge in [-0.25, -0.2) is 0 Å². The lowest BCUT2D eigenvalue weighted by Crippen LogP contribution is -2.08. The SMILES string of the molecule is Nc1c(O)ccc2c1CCc1cc(Br)cnc1C2=O. The molecule has 96 valence electrons. The molecule has 0 unspecified atom stereocenters. The first-order chi connectivity index (χ1) is 9.08. The van der Waals surface area contributed by atoms with Crippen LogP contribution in [0, 0.1) is 0 Å². The molecule has 0 saturated carbocycles. The van der Waals surface area contributed by atoms with Gasteiger partial charge in [0.15, 0.2) is 0 Å². The Balaban J connectivity index is 2.22. The second kappa shape index (κ2) is 4.35. The summed E-state index contributed by atoms with van der Waals surface area (Å²) in [5, 5.41) is 9.66. The number of aromatic hydroxyl groups is 1. The number of phenols is 1. The fourth-order valence-electron chi connectivity index (χ4n) is 2.40. The van der Waals surface area contributed by atoms with E-state index in [0.29, 0.717) is 29.7 Å². The van der Waals surface area contributed by atoms with Crippen molar-refractivity contribution in [3.63, 3.8) is 0 Å². The predicted molar refractivity (Wildman–Crippen MR) is 75.3 cm³/mol. The minimum absolute atomic E-state index is 0.0200. The smallest absolute Gasteiger partial charge is 0.211 e. The van der Waals surface area contributed by atoms with Gasteiger partial charge in [-0.15, -0.1) is 0 Å². The number of benzene rings is 1. The normalized spacial score (nSPS) is 13.6. The van der Waals surface area contributed by atoms with E-state index in [4.69, 9.17) is 5.73 Å². The molecule has 3 N–H and O–H groups in total. The van der Waals surface area contributed by atoms with Crippen molar-refractivity contribution in [1.82, 2.24) is 4.98 Å². The molecular formula is C14H11BrN2O2. The summed E-state index contributed by atoms with van der Waals surface area (Å²) < 4.78 is 0.848. The van der Waals surface area contributed by atoms with Gasteiger partial charge in [0.05, 0.1) is 5.69 Å². The molecule has 1 heterocycles. The van der Waals surface area contributed by atoms with Crippen LogP contribution in [0.4, 0.5) is 5.69 Å². The van der Waals surface area contributed by atoms with E-state index in [1.54, 1.807) is 12.3 Å². The van der Waals surface area contributed by atoms with Crippen LogP contribution in [0.25, 0.3) is 0 Å². The van der Waals surface area contributed by atoms with Crippen molar-refractivity contribution in [2.24, 2.45) is 0 Å². The van der Waals surface area contributed by atoms with Gasteiger partial charge in [0, 0.05) is 16.2 Å².